The molecule has 0 aliphatic rings. The van der Waals surface area contributed by atoms with E-state index in [1.807, 2.05) is 37.3 Å². The van der Waals surface area contributed by atoms with Crippen LogP contribution < -0.4 is 5.32 Å². The first-order chi connectivity index (χ1) is 11.5. The Labute approximate surface area is 146 Å². The first-order valence-electron chi connectivity index (χ1n) is 7.75. The second kappa shape index (κ2) is 8.46. The number of nitrogens with one attached hydrogen (secondary N) is 1. The third-order valence-corrected chi connectivity index (χ3v) is 4.58. The lowest BCUT2D eigenvalue weighted by atomic mass is 10.1. The van der Waals surface area contributed by atoms with E-state index >= 15 is 0 Å². The molecular formula is C18H20N4OS. The van der Waals surface area contributed by atoms with Gasteiger partial charge < -0.3 is 5.32 Å². The van der Waals surface area contributed by atoms with Gasteiger partial charge in [0.05, 0.1) is 10.9 Å². The summed E-state index contributed by atoms with van der Waals surface area (Å²) in [5.41, 5.74) is 2.27. The van der Waals surface area contributed by atoms with Gasteiger partial charge in [-0.2, -0.15) is 5.26 Å². The quantitative estimate of drug-likeness (QED) is 0.646. The van der Waals surface area contributed by atoms with E-state index in [9.17, 15) is 10.1 Å². The predicted molar refractivity (Wildman–Crippen MR) is 94.7 cm³/mol. The molecule has 1 amide bonds. The Morgan fingerprint density at radius 3 is 2.67 bits per heavy atom. The topological polar surface area (TPSA) is 78.7 Å². The van der Waals surface area contributed by atoms with E-state index in [-0.39, 0.29) is 11.2 Å². The molecule has 0 aliphatic heterocycles. The van der Waals surface area contributed by atoms with Gasteiger partial charge in [-0.15, -0.1) is 0 Å². The monoisotopic (exact) mass is 340 g/mol. The van der Waals surface area contributed by atoms with Gasteiger partial charge in [-0.05, 0) is 32.8 Å². The van der Waals surface area contributed by atoms with Crippen LogP contribution >= 0.6 is 11.8 Å². The molecule has 0 saturated carbocycles. The third kappa shape index (κ3) is 4.80. The van der Waals surface area contributed by atoms with Crippen LogP contribution in [0.4, 0.5) is 0 Å². The van der Waals surface area contributed by atoms with Gasteiger partial charge in [0.15, 0.2) is 0 Å². The summed E-state index contributed by atoms with van der Waals surface area (Å²) in [6, 6.07) is 12.1. The van der Waals surface area contributed by atoms with E-state index in [0.717, 1.165) is 6.42 Å². The summed E-state index contributed by atoms with van der Waals surface area (Å²) >= 11 is 1.29. The maximum absolute atomic E-state index is 12.2. The number of rotatable bonds is 6. The number of hydrogen-bond donors (Lipinski definition) is 1. The number of amides is 1. The number of benzene rings is 1. The van der Waals surface area contributed by atoms with E-state index in [2.05, 4.69) is 21.4 Å². The van der Waals surface area contributed by atoms with Gasteiger partial charge in [0, 0.05) is 6.54 Å². The smallest absolute Gasteiger partial charge is 0.233 e. The van der Waals surface area contributed by atoms with Gasteiger partial charge in [-0.3, -0.25) is 4.79 Å². The second-order valence-electron chi connectivity index (χ2n) is 5.43. The number of hydrogen-bond acceptors (Lipinski definition) is 5. The van der Waals surface area contributed by atoms with E-state index in [4.69, 9.17) is 0 Å². The van der Waals surface area contributed by atoms with Crippen molar-refractivity contribution in [1.82, 2.24) is 15.3 Å². The number of aromatic nitrogens is 2. The number of thioether (sulfide) groups is 1. The molecule has 2 rings (SSSR count). The molecule has 5 nitrogen and oxygen atoms in total. The molecule has 1 unspecified atom stereocenters. The van der Waals surface area contributed by atoms with E-state index in [0.29, 0.717) is 28.7 Å². The third-order valence-electron chi connectivity index (χ3n) is 3.49. The van der Waals surface area contributed by atoms with Crippen LogP contribution in [0.2, 0.25) is 0 Å². The first kappa shape index (κ1) is 18.0. The largest absolute Gasteiger partial charge is 0.355 e. The van der Waals surface area contributed by atoms with E-state index in [1.54, 1.807) is 13.8 Å². The Bertz CT molecular complexity index is 756. The average Bonchev–Trinajstić information content (AvgIpc) is 2.55. The zero-order chi connectivity index (χ0) is 17.5. The van der Waals surface area contributed by atoms with Crippen molar-refractivity contribution >= 4 is 17.7 Å². The molecule has 0 spiro atoms. The van der Waals surface area contributed by atoms with Crippen molar-refractivity contribution in [2.45, 2.75) is 37.5 Å². The lowest BCUT2D eigenvalue weighted by Gasteiger charge is -2.13. The van der Waals surface area contributed by atoms with Crippen LogP contribution in [-0.4, -0.2) is 27.7 Å². The standard InChI is InChI=1S/C18H20N4OS/c1-12-16(11-19)18(22-14(3)21-12)24-13(2)17(23)20-10-9-15-7-5-4-6-8-15/h4-8,13H,9-10H2,1-3H3,(H,20,23). The fourth-order valence-corrected chi connectivity index (χ4v) is 3.26. The van der Waals surface area contributed by atoms with Crippen LogP contribution in [0.25, 0.3) is 0 Å². The molecule has 0 fully saturated rings. The zero-order valence-electron chi connectivity index (χ0n) is 14.0. The normalized spacial score (nSPS) is 11.6. The molecule has 24 heavy (non-hydrogen) atoms. The van der Waals surface area contributed by atoms with Crippen molar-refractivity contribution in [2.75, 3.05) is 6.54 Å². The van der Waals surface area contributed by atoms with Gasteiger partial charge >= 0.3 is 0 Å². The van der Waals surface area contributed by atoms with Crippen molar-refractivity contribution < 1.29 is 4.79 Å². The summed E-state index contributed by atoms with van der Waals surface area (Å²) in [5, 5.41) is 12.4. The highest BCUT2D eigenvalue weighted by Gasteiger charge is 2.19. The molecule has 124 valence electrons. The number of aryl methyl sites for hydroxylation is 2. The summed E-state index contributed by atoms with van der Waals surface area (Å²) in [4.78, 5) is 20.7. The fraction of sp³-hybridized carbons (Fsp3) is 0.333. The Balaban J connectivity index is 1.93. The van der Waals surface area contributed by atoms with E-state index in [1.165, 1.54) is 17.3 Å². The summed E-state index contributed by atoms with van der Waals surface area (Å²) in [5.74, 6) is 0.541. The molecule has 1 aromatic carbocycles. The summed E-state index contributed by atoms with van der Waals surface area (Å²) in [6.45, 7) is 5.96. The van der Waals surface area contributed by atoms with Gasteiger partial charge in [0.2, 0.25) is 5.91 Å². The van der Waals surface area contributed by atoms with E-state index < -0.39 is 0 Å². The summed E-state index contributed by atoms with van der Waals surface area (Å²) < 4.78 is 0. The maximum atomic E-state index is 12.2. The van der Waals surface area contributed by atoms with Crippen LogP contribution in [0.1, 0.15) is 29.6 Å². The minimum Gasteiger partial charge on any atom is -0.355 e. The molecule has 1 atom stereocenters. The van der Waals surface area contributed by atoms with Gasteiger partial charge in [0.1, 0.15) is 22.5 Å². The number of nitriles is 1. The summed E-state index contributed by atoms with van der Waals surface area (Å²) in [6.07, 6.45) is 0.791. The molecule has 0 aliphatic carbocycles. The predicted octanol–water partition coefficient (Wildman–Crippen LogP) is 2.80. The lowest BCUT2D eigenvalue weighted by Crippen LogP contribution is -2.32. The SMILES string of the molecule is Cc1nc(C)c(C#N)c(SC(C)C(=O)NCCc2ccccc2)n1. The maximum Gasteiger partial charge on any atom is 0.233 e. The van der Waals surface area contributed by atoms with Crippen molar-refractivity contribution in [3.05, 3.63) is 53.0 Å². The number of carbonyl (C=O) groups is 1. The Morgan fingerprint density at radius 2 is 2.00 bits per heavy atom. The highest BCUT2D eigenvalue weighted by Crippen LogP contribution is 2.26. The number of nitrogens with zero attached hydrogens (tertiary/aromatic N) is 3. The minimum absolute atomic E-state index is 0.0614. The molecule has 2 aromatic rings. The van der Waals surface area contributed by atoms with Crippen molar-refractivity contribution in [2.24, 2.45) is 0 Å². The highest BCUT2D eigenvalue weighted by atomic mass is 32.2. The molecule has 0 radical (unpaired) electrons. The molecule has 1 aromatic heterocycles. The van der Waals surface area contributed by atoms with Crippen LogP contribution in [0.5, 0.6) is 0 Å². The van der Waals surface area contributed by atoms with Crippen LogP contribution in [0.15, 0.2) is 35.4 Å². The summed E-state index contributed by atoms with van der Waals surface area (Å²) in [7, 11) is 0. The fourth-order valence-electron chi connectivity index (χ4n) is 2.23. The lowest BCUT2D eigenvalue weighted by molar-refractivity contribution is -0.120. The Morgan fingerprint density at radius 1 is 1.29 bits per heavy atom. The van der Waals surface area contributed by atoms with Crippen LogP contribution in [0, 0.1) is 25.2 Å². The average molecular weight is 340 g/mol. The minimum atomic E-state index is -0.332. The second-order valence-corrected chi connectivity index (χ2v) is 6.76. The van der Waals surface area contributed by atoms with Gasteiger partial charge in [-0.1, -0.05) is 42.1 Å². The van der Waals surface area contributed by atoms with Gasteiger partial charge in [-0.25, -0.2) is 9.97 Å². The molecular weight excluding hydrogens is 320 g/mol. The first-order valence-corrected chi connectivity index (χ1v) is 8.63. The molecule has 0 bridgehead atoms. The van der Waals surface area contributed by atoms with Crippen molar-refractivity contribution in [1.29, 1.82) is 5.26 Å². The zero-order valence-corrected chi connectivity index (χ0v) is 14.9. The van der Waals surface area contributed by atoms with Crippen molar-refractivity contribution in [3.8, 4) is 6.07 Å². The molecule has 6 heteroatoms. The Hall–Kier alpha value is -2.39. The van der Waals surface area contributed by atoms with Crippen molar-refractivity contribution in [3.63, 3.8) is 0 Å². The molecule has 1 N–H and O–H groups in total. The van der Waals surface area contributed by atoms with Gasteiger partial charge in [0.25, 0.3) is 0 Å². The molecule has 1 heterocycles. The number of carbonyl (C=O) groups excluding carboxylic acids is 1. The molecule has 0 saturated heterocycles. The van der Waals surface area contributed by atoms with Crippen LogP contribution in [-0.2, 0) is 11.2 Å². The Kier molecular flexibility index (Phi) is 6.33. The van der Waals surface area contributed by atoms with Crippen LogP contribution in [0.3, 0.4) is 0 Å². The highest BCUT2D eigenvalue weighted by molar-refractivity contribution is 8.00.